The van der Waals surface area contributed by atoms with Gasteiger partial charge in [-0.25, -0.2) is 0 Å². The maximum Gasteiger partial charge on any atom is 0.170 e. The highest BCUT2D eigenvalue weighted by Crippen LogP contribution is 2.27. The van der Waals surface area contributed by atoms with Gasteiger partial charge in [-0.2, -0.15) is 9.94 Å². The van der Waals surface area contributed by atoms with Crippen LogP contribution in [0.1, 0.15) is 55.2 Å². The predicted octanol–water partition coefficient (Wildman–Crippen LogP) is 4.06. The lowest BCUT2D eigenvalue weighted by Gasteiger charge is -2.35. The standard InChI is InChI=1S/C23H25ClN6O/c24-21-12-11-20(13-18(21)14-25)30-23(26-27-28-30)16-29(19-9-5-2-6-10-19)15-22(31)17-7-3-1-4-8-17/h1,3-4,7-8,11-13,19,22,31H,2,5-6,9-10,15-16H2. The number of nitrogens with zero attached hydrogens (tertiary/aromatic N) is 6. The molecule has 7 nitrogen and oxygen atoms in total. The molecule has 2 aromatic carbocycles. The fourth-order valence-corrected chi connectivity index (χ4v) is 4.37. The number of benzene rings is 2. The van der Waals surface area contributed by atoms with Crippen molar-refractivity contribution in [3.63, 3.8) is 0 Å². The summed E-state index contributed by atoms with van der Waals surface area (Å²) in [7, 11) is 0. The van der Waals surface area contributed by atoms with Gasteiger partial charge in [-0.3, -0.25) is 4.90 Å². The minimum atomic E-state index is -0.590. The molecule has 1 aliphatic rings. The molecule has 31 heavy (non-hydrogen) atoms. The molecule has 1 saturated carbocycles. The quantitative estimate of drug-likeness (QED) is 0.600. The lowest BCUT2D eigenvalue weighted by molar-refractivity contribution is 0.0651. The predicted molar refractivity (Wildman–Crippen MR) is 118 cm³/mol. The molecule has 0 aliphatic heterocycles. The van der Waals surface area contributed by atoms with Crippen molar-refractivity contribution in [2.45, 2.75) is 50.8 Å². The third kappa shape index (κ3) is 5.10. The van der Waals surface area contributed by atoms with Crippen molar-refractivity contribution < 1.29 is 5.11 Å². The van der Waals surface area contributed by atoms with Gasteiger partial charge >= 0.3 is 0 Å². The molecular weight excluding hydrogens is 412 g/mol. The van der Waals surface area contributed by atoms with Crippen molar-refractivity contribution in [3.05, 3.63) is 70.5 Å². The van der Waals surface area contributed by atoms with Gasteiger partial charge in [0.05, 0.1) is 28.9 Å². The third-order valence-electron chi connectivity index (χ3n) is 5.88. The molecule has 1 N–H and O–H groups in total. The summed E-state index contributed by atoms with van der Waals surface area (Å²) in [6, 6.07) is 17.4. The van der Waals surface area contributed by atoms with Crippen molar-refractivity contribution >= 4 is 11.6 Å². The van der Waals surface area contributed by atoms with E-state index in [9.17, 15) is 10.4 Å². The fraction of sp³-hybridized carbons (Fsp3) is 0.391. The SMILES string of the molecule is N#Cc1cc(-n2nnnc2CN(CC(O)c2ccccc2)C2CCCCC2)ccc1Cl. The molecule has 1 aromatic heterocycles. The highest BCUT2D eigenvalue weighted by atomic mass is 35.5. The normalized spacial score (nSPS) is 15.7. The topological polar surface area (TPSA) is 90.9 Å². The van der Waals surface area contributed by atoms with Crippen LogP contribution in [-0.2, 0) is 6.54 Å². The molecule has 1 atom stereocenters. The average molecular weight is 437 g/mol. The molecule has 0 spiro atoms. The van der Waals surface area contributed by atoms with Gasteiger partial charge in [0.15, 0.2) is 5.82 Å². The molecule has 1 heterocycles. The molecule has 8 heteroatoms. The van der Waals surface area contributed by atoms with E-state index in [1.807, 2.05) is 30.3 Å². The molecule has 0 radical (unpaired) electrons. The van der Waals surface area contributed by atoms with Gasteiger partial charge in [0.1, 0.15) is 6.07 Å². The van der Waals surface area contributed by atoms with Crippen LogP contribution in [0.3, 0.4) is 0 Å². The minimum absolute atomic E-state index is 0.372. The van der Waals surface area contributed by atoms with Crippen molar-refractivity contribution in [1.82, 2.24) is 25.1 Å². The molecule has 4 rings (SSSR count). The van der Waals surface area contributed by atoms with E-state index in [0.29, 0.717) is 41.2 Å². The van der Waals surface area contributed by atoms with E-state index in [4.69, 9.17) is 11.6 Å². The number of rotatable bonds is 7. The largest absolute Gasteiger partial charge is 0.387 e. The van der Waals surface area contributed by atoms with Gasteiger partial charge in [-0.05, 0) is 47.0 Å². The highest BCUT2D eigenvalue weighted by Gasteiger charge is 2.26. The Morgan fingerprint density at radius 1 is 1.16 bits per heavy atom. The first-order valence-corrected chi connectivity index (χ1v) is 11.0. The van der Waals surface area contributed by atoms with Crippen LogP contribution >= 0.6 is 11.6 Å². The van der Waals surface area contributed by atoms with Gasteiger partial charge in [-0.15, -0.1) is 5.10 Å². The van der Waals surface area contributed by atoms with Crippen LogP contribution < -0.4 is 0 Å². The van der Waals surface area contributed by atoms with Crippen LogP contribution in [0.25, 0.3) is 5.69 Å². The fourth-order valence-electron chi connectivity index (χ4n) is 4.21. The Balaban J connectivity index is 1.59. The number of halogens is 1. The Morgan fingerprint density at radius 2 is 1.94 bits per heavy atom. The zero-order valence-corrected chi connectivity index (χ0v) is 18.0. The molecule has 0 amide bonds. The van der Waals surface area contributed by atoms with Crippen LogP contribution in [0.4, 0.5) is 0 Å². The van der Waals surface area contributed by atoms with E-state index in [1.54, 1.807) is 22.9 Å². The van der Waals surface area contributed by atoms with Gasteiger partial charge in [0, 0.05) is 12.6 Å². The summed E-state index contributed by atoms with van der Waals surface area (Å²) in [6.07, 6.45) is 5.25. The molecule has 0 bridgehead atoms. The molecule has 160 valence electrons. The third-order valence-corrected chi connectivity index (χ3v) is 6.21. The number of aliphatic hydroxyl groups is 1. The van der Waals surface area contributed by atoms with E-state index in [0.717, 1.165) is 18.4 Å². The number of aliphatic hydroxyl groups excluding tert-OH is 1. The second-order valence-electron chi connectivity index (χ2n) is 7.93. The Kier molecular flexibility index (Phi) is 6.92. The van der Waals surface area contributed by atoms with Gasteiger partial charge < -0.3 is 5.11 Å². The molecule has 0 saturated heterocycles. The Bertz CT molecular complexity index is 1040. The summed E-state index contributed by atoms with van der Waals surface area (Å²) in [5.41, 5.74) is 1.97. The van der Waals surface area contributed by atoms with E-state index < -0.39 is 6.10 Å². The van der Waals surface area contributed by atoms with Crippen LogP contribution in [0.2, 0.25) is 5.02 Å². The van der Waals surface area contributed by atoms with Crippen molar-refractivity contribution in [3.8, 4) is 11.8 Å². The second-order valence-corrected chi connectivity index (χ2v) is 8.34. The number of nitriles is 1. The summed E-state index contributed by atoms with van der Waals surface area (Å²) < 4.78 is 1.64. The Labute approximate surface area is 186 Å². The van der Waals surface area contributed by atoms with Gasteiger partial charge in [-0.1, -0.05) is 61.2 Å². The summed E-state index contributed by atoms with van der Waals surface area (Å²) in [5.74, 6) is 0.664. The second kappa shape index (κ2) is 10.0. The molecular formula is C23H25ClN6O. The smallest absolute Gasteiger partial charge is 0.170 e. The number of tetrazole rings is 1. The molecule has 1 unspecified atom stereocenters. The molecule has 3 aromatic rings. The summed E-state index contributed by atoms with van der Waals surface area (Å²) >= 11 is 6.08. The van der Waals surface area contributed by atoms with Crippen LogP contribution in [0.15, 0.2) is 48.5 Å². The summed E-state index contributed by atoms with van der Waals surface area (Å²) in [4.78, 5) is 2.29. The average Bonchev–Trinajstić information content (AvgIpc) is 3.28. The summed E-state index contributed by atoms with van der Waals surface area (Å²) in [5, 5.41) is 32.8. The number of hydrogen-bond donors (Lipinski definition) is 1. The lowest BCUT2D eigenvalue weighted by Crippen LogP contribution is -2.39. The summed E-state index contributed by atoms with van der Waals surface area (Å²) in [6.45, 7) is 1.01. The van der Waals surface area contributed by atoms with Crippen molar-refractivity contribution in [1.29, 1.82) is 5.26 Å². The number of hydrogen-bond acceptors (Lipinski definition) is 6. The van der Waals surface area contributed by atoms with Crippen molar-refractivity contribution in [2.24, 2.45) is 0 Å². The number of aromatic nitrogens is 4. The molecule has 1 fully saturated rings. The Morgan fingerprint density at radius 3 is 2.68 bits per heavy atom. The van der Waals surface area contributed by atoms with Crippen LogP contribution in [0, 0.1) is 11.3 Å². The first-order valence-electron chi connectivity index (χ1n) is 10.6. The first kappa shape index (κ1) is 21.4. The zero-order valence-electron chi connectivity index (χ0n) is 17.2. The lowest BCUT2D eigenvalue weighted by atomic mass is 9.93. The van der Waals surface area contributed by atoms with E-state index in [-0.39, 0.29) is 0 Å². The Hall–Kier alpha value is -2.79. The minimum Gasteiger partial charge on any atom is -0.387 e. The maximum atomic E-state index is 10.9. The van der Waals surface area contributed by atoms with Crippen molar-refractivity contribution in [2.75, 3.05) is 6.54 Å². The highest BCUT2D eigenvalue weighted by molar-refractivity contribution is 6.31. The maximum absolute atomic E-state index is 10.9. The first-order chi connectivity index (χ1) is 15.2. The van der Waals surface area contributed by atoms with Crippen LogP contribution in [0.5, 0.6) is 0 Å². The van der Waals surface area contributed by atoms with E-state index >= 15 is 0 Å². The monoisotopic (exact) mass is 436 g/mol. The molecule has 1 aliphatic carbocycles. The van der Waals surface area contributed by atoms with E-state index in [2.05, 4.69) is 26.5 Å². The zero-order chi connectivity index (χ0) is 21.6. The van der Waals surface area contributed by atoms with Gasteiger partial charge in [0.25, 0.3) is 0 Å². The van der Waals surface area contributed by atoms with E-state index in [1.165, 1.54) is 19.3 Å². The van der Waals surface area contributed by atoms with Gasteiger partial charge in [0.2, 0.25) is 0 Å². The van der Waals surface area contributed by atoms with Crippen LogP contribution in [-0.4, -0.2) is 42.8 Å².